The van der Waals surface area contributed by atoms with Crippen LogP contribution in [0.2, 0.25) is 0 Å². The Morgan fingerprint density at radius 1 is 1.23 bits per heavy atom. The highest BCUT2D eigenvalue weighted by Gasteiger charge is 2.26. The van der Waals surface area contributed by atoms with Crippen LogP contribution in [0.4, 0.5) is 5.69 Å². The van der Waals surface area contributed by atoms with E-state index in [2.05, 4.69) is 22.9 Å². The molecule has 2 aliphatic rings. The Balaban J connectivity index is 1.65. The number of hydrogen-bond acceptors (Lipinski definition) is 4. The highest BCUT2D eigenvalue weighted by atomic mass is 16.5. The van der Waals surface area contributed by atoms with Crippen molar-refractivity contribution in [2.45, 2.75) is 45.1 Å². The zero-order valence-electron chi connectivity index (χ0n) is 15.6. The Morgan fingerprint density at radius 3 is 2.62 bits per heavy atom. The molecular formula is C20H29N3O3. The molecule has 0 radical (unpaired) electrons. The van der Waals surface area contributed by atoms with Gasteiger partial charge in [-0.15, -0.1) is 0 Å². The smallest absolute Gasteiger partial charge is 0.253 e. The van der Waals surface area contributed by atoms with Crippen molar-refractivity contribution in [2.75, 3.05) is 25.5 Å². The van der Waals surface area contributed by atoms with Gasteiger partial charge in [-0.2, -0.15) is 0 Å². The lowest BCUT2D eigenvalue weighted by atomic mass is 9.84. The lowest BCUT2D eigenvalue weighted by molar-refractivity contribution is -0.117. The summed E-state index contributed by atoms with van der Waals surface area (Å²) < 4.78 is 5.23. The molecule has 6 heteroatoms. The van der Waals surface area contributed by atoms with Crippen LogP contribution in [-0.4, -0.2) is 38.1 Å². The zero-order valence-corrected chi connectivity index (χ0v) is 15.6. The van der Waals surface area contributed by atoms with Gasteiger partial charge in [0.2, 0.25) is 5.91 Å². The van der Waals surface area contributed by atoms with Crippen LogP contribution in [0, 0.1) is 11.8 Å². The summed E-state index contributed by atoms with van der Waals surface area (Å²) in [4.78, 5) is 25.0. The summed E-state index contributed by atoms with van der Waals surface area (Å²) in [5.41, 5.74) is 1.01. The zero-order chi connectivity index (χ0) is 18.5. The maximum Gasteiger partial charge on any atom is 0.253 e. The number of amides is 2. The maximum atomic E-state index is 12.5. The summed E-state index contributed by atoms with van der Waals surface area (Å²) in [6, 6.07) is 5.45. The van der Waals surface area contributed by atoms with Crippen LogP contribution >= 0.6 is 0 Å². The molecule has 0 spiro atoms. The molecule has 1 aliphatic carbocycles. The van der Waals surface area contributed by atoms with E-state index in [1.165, 1.54) is 0 Å². The van der Waals surface area contributed by atoms with Gasteiger partial charge >= 0.3 is 0 Å². The third kappa shape index (κ3) is 4.97. The third-order valence-corrected chi connectivity index (χ3v) is 5.35. The SMILES string of the molecule is COc1ccc(NC(=O)CC(C)C2CCNCC2)c(C(=O)NC2CC2)c1. The molecule has 1 aliphatic heterocycles. The van der Waals surface area contributed by atoms with Crippen molar-refractivity contribution in [2.24, 2.45) is 11.8 Å². The number of nitrogens with one attached hydrogen (secondary N) is 3. The Labute approximate surface area is 155 Å². The molecular weight excluding hydrogens is 330 g/mol. The monoisotopic (exact) mass is 359 g/mol. The molecule has 1 aromatic rings. The number of methoxy groups -OCH3 is 1. The molecule has 2 fully saturated rings. The highest BCUT2D eigenvalue weighted by Crippen LogP contribution is 2.27. The van der Waals surface area contributed by atoms with Gasteiger partial charge in [0.15, 0.2) is 0 Å². The summed E-state index contributed by atoms with van der Waals surface area (Å²) >= 11 is 0. The van der Waals surface area contributed by atoms with Gasteiger partial charge < -0.3 is 20.7 Å². The average Bonchev–Trinajstić information content (AvgIpc) is 3.46. The van der Waals surface area contributed by atoms with E-state index in [1.54, 1.807) is 25.3 Å². The van der Waals surface area contributed by atoms with Gasteiger partial charge in [-0.1, -0.05) is 6.92 Å². The Kier molecular flexibility index (Phi) is 6.14. The van der Waals surface area contributed by atoms with Gasteiger partial charge in [0, 0.05) is 12.5 Å². The second kappa shape index (κ2) is 8.54. The molecule has 2 amide bonds. The first-order valence-electron chi connectivity index (χ1n) is 9.56. The molecule has 0 aromatic heterocycles. The lowest BCUT2D eigenvalue weighted by Crippen LogP contribution is -2.32. The van der Waals surface area contributed by atoms with Gasteiger partial charge in [0.1, 0.15) is 5.75 Å². The van der Waals surface area contributed by atoms with E-state index < -0.39 is 0 Å². The van der Waals surface area contributed by atoms with E-state index in [-0.39, 0.29) is 17.9 Å². The van der Waals surface area contributed by atoms with Crippen molar-refractivity contribution in [3.05, 3.63) is 23.8 Å². The largest absolute Gasteiger partial charge is 0.497 e. The summed E-state index contributed by atoms with van der Waals surface area (Å²) in [7, 11) is 1.57. The Bertz CT molecular complexity index is 652. The van der Waals surface area contributed by atoms with Crippen LogP contribution in [0.5, 0.6) is 5.75 Å². The van der Waals surface area contributed by atoms with E-state index >= 15 is 0 Å². The summed E-state index contributed by atoms with van der Waals surface area (Å²) in [5, 5.41) is 9.27. The van der Waals surface area contributed by atoms with E-state index in [9.17, 15) is 9.59 Å². The van der Waals surface area contributed by atoms with Gasteiger partial charge in [-0.05, 0) is 68.8 Å². The average molecular weight is 359 g/mol. The van der Waals surface area contributed by atoms with Crippen LogP contribution in [0.3, 0.4) is 0 Å². The quantitative estimate of drug-likeness (QED) is 0.699. The van der Waals surface area contributed by atoms with Crippen molar-refractivity contribution in [1.82, 2.24) is 10.6 Å². The van der Waals surface area contributed by atoms with E-state index in [4.69, 9.17) is 4.74 Å². The maximum absolute atomic E-state index is 12.5. The van der Waals surface area contributed by atoms with E-state index in [0.29, 0.717) is 35.3 Å². The first kappa shape index (κ1) is 18.7. The van der Waals surface area contributed by atoms with Crippen LogP contribution in [0.25, 0.3) is 0 Å². The molecule has 3 rings (SSSR count). The minimum atomic E-state index is -0.159. The van der Waals surface area contributed by atoms with Crippen molar-refractivity contribution >= 4 is 17.5 Å². The summed E-state index contributed by atoms with van der Waals surface area (Å²) in [6.45, 7) is 4.20. The number of rotatable bonds is 7. The molecule has 142 valence electrons. The standard InChI is InChI=1S/C20H29N3O3/c1-13(14-7-9-21-10-8-14)11-19(24)23-18-6-5-16(26-2)12-17(18)20(25)22-15-3-4-15/h5-6,12-15,21H,3-4,7-11H2,1-2H3,(H,22,25)(H,23,24). The number of piperidine rings is 1. The fraction of sp³-hybridized carbons (Fsp3) is 0.600. The van der Waals surface area contributed by atoms with Crippen LogP contribution in [-0.2, 0) is 4.79 Å². The van der Waals surface area contributed by atoms with Gasteiger partial charge in [0.25, 0.3) is 5.91 Å². The molecule has 1 saturated heterocycles. The van der Waals surface area contributed by atoms with Crippen molar-refractivity contribution in [3.63, 3.8) is 0 Å². The van der Waals surface area contributed by atoms with Gasteiger partial charge in [-0.3, -0.25) is 9.59 Å². The van der Waals surface area contributed by atoms with Crippen LogP contribution in [0.15, 0.2) is 18.2 Å². The number of carbonyl (C=O) groups is 2. The van der Waals surface area contributed by atoms with Gasteiger partial charge in [-0.25, -0.2) is 0 Å². The van der Waals surface area contributed by atoms with E-state index in [1.807, 2.05) is 0 Å². The number of anilines is 1. The second-order valence-corrected chi connectivity index (χ2v) is 7.48. The molecule has 1 atom stereocenters. The number of benzene rings is 1. The molecule has 0 bridgehead atoms. The topological polar surface area (TPSA) is 79.5 Å². The minimum absolute atomic E-state index is 0.0401. The predicted molar refractivity (Wildman–Crippen MR) is 101 cm³/mol. The second-order valence-electron chi connectivity index (χ2n) is 7.48. The minimum Gasteiger partial charge on any atom is -0.497 e. The number of carbonyl (C=O) groups excluding carboxylic acids is 2. The fourth-order valence-corrected chi connectivity index (χ4v) is 3.51. The lowest BCUT2D eigenvalue weighted by Gasteiger charge is -2.28. The fourth-order valence-electron chi connectivity index (χ4n) is 3.51. The predicted octanol–water partition coefficient (Wildman–Crippen LogP) is 2.55. The molecule has 1 aromatic carbocycles. The Morgan fingerprint density at radius 2 is 1.96 bits per heavy atom. The third-order valence-electron chi connectivity index (χ3n) is 5.35. The van der Waals surface area contributed by atoms with E-state index in [0.717, 1.165) is 38.8 Å². The van der Waals surface area contributed by atoms with Crippen molar-refractivity contribution in [3.8, 4) is 5.75 Å². The molecule has 3 N–H and O–H groups in total. The first-order valence-corrected chi connectivity index (χ1v) is 9.56. The van der Waals surface area contributed by atoms with Gasteiger partial charge in [0.05, 0.1) is 18.4 Å². The molecule has 1 saturated carbocycles. The molecule has 6 nitrogen and oxygen atoms in total. The summed E-state index contributed by atoms with van der Waals surface area (Å²) in [5.74, 6) is 1.32. The summed E-state index contributed by atoms with van der Waals surface area (Å²) in [6.07, 6.45) is 4.74. The number of hydrogen-bond donors (Lipinski definition) is 3. The van der Waals surface area contributed by atoms with Crippen LogP contribution in [0.1, 0.15) is 49.4 Å². The molecule has 1 heterocycles. The van der Waals surface area contributed by atoms with Crippen molar-refractivity contribution in [1.29, 1.82) is 0 Å². The Hall–Kier alpha value is -2.08. The van der Waals surface area contributed by atoms with Crippen LogP contribution < -0.4 is 20.7 Å². The normalized spacial score (nSPS) is 18.8. The van der Waals surface area contributed by atoms with Crippen molar-refractivity contribution < 1.29 is 14.3 Å². The molecule has 26 heavy (non-hydrogen) atoms. The first-order chi connectivity index (χ1) is 12.6. The number of ether oxygens (including phenoxy) is 1. The molecule has 1 unspecified atom stereocenters. The highest BCUT2D eigenvalue weighted by molar-refractivity contribution is 6.04.